The molecule has 1 unspecified atom stereocenters. The fourth-order valence-electron chi connectivity index (χ4n) is 1.06. The van der Waals surface area contributed by atoms with Gasteiger partial charge in [-0.2, -0.15) is 0 Å². The molecule has 0 saturated heterocycles. The number of carbonyl (C=O) groups is 1. The quantitative estimate of drug-likeness (QED) is 0.389. The van der Waals surface area contributed by atoms with Gasteiger partial charge in [0.25, 0.3) is 0 Å². The van der Waals surface area contributed by atoms with E-state index in [-0.39, 0.29) is 32.3 Å². The van der Waals surface area contributed by atoms with E-state index >= 15 is 0 Å². The van der Waals surface area contributed by atoms with Crippen molar-refractivity contribution in [2.24, 2.45) is 11.3 Å². The average molecular weight is 218 g/mol. The smallest absolute Gasteiger partial charge is 0.330 e. The van der Waals surface area contributed by atoms with Gasteiger partial charge in [-0.05, 0) is 5.92 Å². The Bertz CT molecular complexity index is 210. The summed E-state index contributed by atoms with van der Waals surface area (Å²) < 4.78 is 4.77. The molecule has 0 aromatic heterocycles. The van der Waals surface area contributed by atoms with Crippen molar-refractivity contribution in [2.45, 2.75) is 6.92 Å². The minimum atomic E-state index is -1.01. The zero-order chi connectivity index (χ0) is 11.9. The molecule has 0 aliphatic rings. The average Bonchev–Trinajstić information content (AvgIpc) is 2.29. The minimum Gasteiger partial charge on any atom is -0.462 e. The van der Waals surface area contributed by atoms with E-state index in [1.807, 2.05) is 0 Å². The van der Waals surface area contributed by atoms with Crippen LogP contribution < -0.4 is 0 Å². The number of aliphatic hydroxyl groups is 3. The Hall–Kier alpha value is -0.910. The third kappa shape index (κ3) is 3.62. The Morgan fingerprint density at radius 1 is 1.47 bits per heavy atom. The van der Waals surface area contributed by atoms with E-state index in [1.54, 1.807) is 6.92 Å². The lowest BCUT2D eigenvalue weighted by molar-refractivity contribution is -0.147. The van der Waals surface area contributed by atoms with Gasteiger partial charge in [-0.15, -0.1) is 0 Å². The lowest BCUT2D eigenvalue weighted by atomic mass is 9.78. The molecule has 0 aromatic rings. The van der Waals surface area contributed by atoms with Gasteiger partial charge in [0, 0.05) is 12.7 Å². The SMILES string of the molecule is C=CC(=O)OCC(CO)(CO)C(C)CO. The van der Waals surface area contributed by atoms with Gasteiger partial charge in [-0.3, -0.25) is 0 Å². The maximum Gasteiger partial charge on any atom is 0.330 e. The molecule has 0 amide bonds. The van der Waals surface area contributed by atoms with Crippen molar-refractivity contribution in [3.05, 3.63) is 12.7 Å². The topological polar surface area (TPSA) is 87.0 Å². The van der Waals surface area contributed by atoms with Gasteiger partial charge in [-0.1, -0.05) is 13.5 Å². The first-order valence-corrected chi connectivity index (χ1v) is 4.68. The monoisotopic (exact) mass is 218 g/mol. The van der Waals surface area contributed by atoms with Crippen LogP contribution >= 0.6 is 0 Å². The van der Waals surface area contributed by atoms with Crippen molar-refractivity contribution >= 4 is 5.97 Å². The Balaban J connectivity index is 4.49. The second-order valence-electron chi connectivity index (χ2n) is 3.57. The highest BCUT2D eigenvalue weighted by Gasteiger charge is 2.36. The van der Waals surface area contributed by atoms with E-state index in [4.69, 9.17) is 9.84 Å². The summed E-state index contributed by atoms with van der Waals surface area (Å²) in [6.07, 6.45) is 1.00. The molecular weight excluding hydrogens is 200 g/mol. The van der Waals surface area contributed by atoms with Crippen LogP contribution in [0.2, 0.25) is 0 Å². The molecule has 1 atom stereocenters. The Labute approximate surface area is 89.0 Å². The van der Waals surface area contributed by atoms with Gasteiger partial charge >= 0.3 is 5.97 Å². The van der Waals surface area contributed by atoms with Crippen molar-refractivity contribution in [1.82, 2.24) is 0 Å². The Morgan fingerprint density at radius 3 is 2.33 bits per heavy atom. The van der Waals surface area contributed by atoms with Crippen LogP contribution in [0, 0.1) is 11.3 Å². The summed E-state index contributed by atoms with van der Waals surface area (Å²) in [5, 5.41) is 27.3. The zero-order valence-corrected chi connectivity index (χ0v) is 8.85. The first kappa shape index (κ1) is 14.1. The summed E-state index contributed by atoms with van der Waals surface area (Å²) in [5.74, 6) is -0.989. The predicted octanol–water partition coefficient (Wildman–Crippen LogP) is -0.685. The first-order chi connectivity index (χ1) is 7.06. The number of esters is 1. The lowest BCUT2D eigenvalue weighted by Gasteiger charge is -2.33. The summed E-state index contributed by atoms with van der Waals surface area (Å²) in [6.45, 7) is 3.81. The Kier molecular flexibility index (Phi) is 6.15. The van der Waals surface area contributed by atoms with Gasteiger partial charge in [0.1, 0.15) is 6.61 Å². The van der Waals surface area contributed by atoms with Crippen molar-refractivity contribution in [2.75, 3.05) is 26.4 Å². The molecule has 0 aromatic carbocycles. The molecule has 0 rings (SSSR count). The highest BCUT2D eigenvalue weighted by molar-refractivity contribution is 5.81. The lowest BCUT2D eigenvalue weighted by Crippen LogP contribution is -2.43. The first-order valence-electron chi connectivity index (χ1n) is 4.68. The molecule has 5 heteroatoms. The molecule has 0 aliphatic carbocycles. The number of hydrogen-bond acceptors (Lipinski definition) is 5. The van der Waals surface area contributed by atoms with Crippen LogP contribution in [0.25, 0.3) is 0 Å². The standard InChI is InChI=1S/C10H18O5/c1-3-9(14)15-7-10(5-12,6-13)8(2)4-11/h3,8,11-13H,1,4-7H2,2H3. The van der Waals surface area contributed by atoms with Gasteiger partial charge < -0.3 is 20.1 Å². The number of carbonyl (C=O) groups excluding carboxylic acids is 1. The minimum absolute atomic E-state index is 0.146. The van der Waals surface area contributed by atoms with Gasteiger partial charge in [0.15, 0.2) is 0 Å². The van der Waals surface area contributed by atoms with Crippen LogP contribution in [0.1, 0.15) is 6.92 Å². The number of hydrogen-bond donors (Lipinski definition) is 3. The highest BCUT2D eigenvalue weighted by Crippen LogP contribution is 2.27. The fourth-order valence-corrected chi connectivity index (χ4v) is 1.06. The van der Waals surface area contributed by atoms with E-state index in [0.29, 0.717) is 0 Å². The van der Waals surface area contributed by atoms with Crippen molar-refractivity contribution < 1.29 is 24.9 Å². The van der Waals surface area contributed by atoms with Crippen LogP contribution in [-0.4, -0.2) is 47.7 Å². The number of rotatable bonds is 7. The van der Waals surface area contributed by atoms with Crippen LogP contribution in [0.3, 0.4) is 0 Å². The summed E-state index contributed by atoms with van der Waals surface area (Å²) in [6, 6.07) is 0. The molecule has 0 fully saturated rings. The normalized spacial score (nSPS) is 13.3. The molecule has 0 bridgehead atoms. The third-order valence-corrected chi connectivity index (χ3v) is 2.62. The predicted molar refractivity (Wildman–Crippen MR) is 54.0 cm³/mol. The summed E-state index contributed by atoms with van der Waals surface area (Å²) in [4.78, 5) is 10.8. The summed E-state index contributed by atoms with van der Waals surface area (Å²) in [7, 11) is 0. The highest BCUT2D eigenvalue weighted by atomic mass is 16.5. The van der Waals surface area contributed by atoms with Crippen molar-refractivity contribution in [1.29, 1.82) is 0 Å². The maximum atomic E-state index is 10.8. The second-order valence-corrected chi connectivity index (χ2v) is 3.57. The molecule has 15 heavy (non-hydrogen) atoms. The molecular formula is C10H18O5. The van der Waals surface area contributed by atoms with Crippen LogP contribution in [0.4, 0.5) is 0 Å². The summed E-state index contributed by atoms with van der Waals surface area (Å²) in [5.41, 5.74) is -1.01. The van der Waals surface area contributed by atoms with Crippen LogP contribution in [-0.2, 0) is 9.53 Å². The van der Waals surface area contributed by atoms with E-state index in [1.165, 1.54) is 0 Å². The molecule has 0 radical (unpaired) electrons. The van der Waals surface area contributed by atoms with E-state index in [9.17, 15) is 15.0 Å². The fraction of sp³-hybridized carbons (Fsp3) is 0.700. The van der Waals surface area contributed by atoms with Crippen LogP contribution in [0.15, 0.2) is 12.7 Å². The van der Waals surface area contributed by atoms with Gasteiger partial charge in [-0.25, -0.2) is 4.79 Å². The van der Waals surface area contributed by atoms with Crippen LogP contribution in [0.5, 0.6) is 0 Å². The third-order valence-electron chi connectivity index (χ3n) is 2.62. The molecule has 0 saturated carbocycles. The number of aliphatic hydroxyl groups excluding tert-OH is 3. The maximum absolute atomic E-state index is 10.8. The van der Waals surface area contributed by atoms with E-state index < -0.39 is 11.4 Å². The molecule has 5 nitrogen and oxygen atoms in total. The number of ether oxygens (including phenoxy) is 1. The Morgan fingerprint density at radius 2 is 2.00 bits per heavy atom. The molecule has 0 heterocycles. The molecule has 0 aliphatic heterocycles. The van der Waals surface area contributed by atoms with Crippen molar-refractivity contribution in [3.63, 3.8) is 0 Å². The van der Waals surface area contributed by atoms with E-state index in [2.05, 4.69) is 6.58 Å². The largest absolute Gasteiger partial charge is 0.462 e. The second kappa shape index (κ2) is 6.55. The summed E-state index contributed by atoms with van der Waals surface area (Å²) >= 11 is 0. The van der Waals surface area contributed by atoms with Gasteiger partial charge in [0.05, 0.1) is 18.6 Å². The van der Waals surface area contributed by atoms with Gasteiger partial charge in [0.2, 0.25) is 0 Å². The van der Waals surface area contributed by atoms with E-state index in [0.717, 1.165) is 6.08 Å². The van der Waals surface area contributed by atoms with Crippen molar-refractivity contribution in [3.8, 4) is 0 Å². The molecule has 3 N–H and O–H groups in total. The molecule has 0 spiro atoms. The zero-order valence-electron chi connectivity index (χ0n) is 8.85. The molecule has 88 valence electrons.